The van der Waals surface area contributed by atoms with Gasteiger partial charge in [0.2, 0.25) is 0 Å². The zero-order valence-electron chi connectivity index (χ0n) is 22.0. The van der Waals surface area contributed by atoms with Gasteiger partial charge in [0.25, 0.3) is 5.91 Å². The van der Waals surface area contributed by atoms with Gasteiger partial charge >= 0.3 is 0 Å². The molecule has 37 heavy (non-hydrogen) atoms. The molecule has 194 valence electrons. The van der Waals surface area contributed by atoms with E-state index >= 15 is 0 Å². The standard InChI is InChI=1S/C31H36N2O3S/c1-4-35-29-20-26(31(37)33-14-12-25(13-15-33)19-24-8-6-5-7-9-24)10-11-28(29)36-21-30(34)32-27-17-22(2)16-23(3)18-27/h5-11,16-18,20,25H,4,12-15,19,21H2,1-3H3,(H,32,34). The van der Waals surface area contributed by atoms with Crippen molar-refractivity contribution in [3.05, 3.63) is 89.0 Å². The number of anilines is 1. The van der Waals surface area contributed by atoms with Crippen LogP contribution in [0, 0.1) is 19.8 Å². The molecule has 3 aromatic carbocycles. The highest BCUT2D eigenvalue weighted by Gasteiger charge is 2.22. The van der Waals surface area contributed by atoms with E-state index in [1.165, 1.54) is 5.56 Å². The molecule has 1 amide bonds. The van der Waals surface area contributed by atoms with Gasteiger partial charge in [0.15, 0.2) is 18.1 Å². The SMILES string of the molecule is CCOc1cc(C(=S)N2CCC(Cc3ccccc3)CC2)ccc1OCC(=O)Nc1cc(C)cc(C)c1. The van der Waals surface area contributed by atoms with Crippen LogP contribution in [0.25, 0.3) is 0 Å². The van der Waals surface area contributed by atoms with Crippen molar-refractivity contribution >= 4 is 28.8 Å². The van der Waals surface area contributed by atoms with Gasteiger partial charge in [-0.05, 0) is 93.0 Å². The number of piperidine rings is 1. The summed E-state index contributed by atoms with van der Waals surface area (Å²) in [6.07, 6.45) is 3.38. The Morgan fingerprint density at radius 2 is 1.65 bits per heavy atom. The number of thiocarbonyl (C=S) groups is 1. The highest BCUT2D eigenvalue weighted by molar-refractivity contribution is 7.80. The van der Waals surface area contributed by atoms with Gasteiger partial charge in [0.05, 0.1) is 6.61 Å². The molecule has 4 rings (SSSR count). The molecule has 0 saturated carbocycles. The molecule has 0 aliphatic carbocycles. The molecule has 0 unspecified atom stereocenters. The molecule has 0 radical (unpaired) electrons. The lowest BCUT2D eigenvalue weighted by molar-refractivity contribution is -0.118. The molecule has 3 aromatic rings. The van der Waals surface area contributed by atoms with Crippen molar-refractivity contribution in [1.82, 2.24) is 4.90 Å². The summed E-state index contributed by atoms with van der Waals surface area (Å²) in [5, 5.41) is 2.90. The molecular formula is C31H36N2O3S. The predicted molar refractivity (Wildman–Crippen MR) is 154 cm³/mol. The maximum atomic E-state index is 12.5. The van der Waals surface area contributed by atoms with Crippen LogP contribution in [-0.4, -0.2) is 42.1 Å². The largest absolute Gasteiger partial charge is 0.490 e. The Labute approximate surface area is 225 Å². The van der Waals surface area contributed by atoms with Crippen molar-refractivity contribution in [1.29, 1.82) is 0 Å². The van der Waals surface area contributed by atoms with Crippen LogP contribution in [0.4, 0.5) is 5.69 Å². The van der Waals surface area contributed by atoms with Gasteiger partial charge in [-0.3, -0.25) is 4.79 Å². The second kappa shape index (κ2) is 12.7. The maximum absolute atomic E-state index is 12.5. The average molecular weight is 517 g/mol. The first-order chi connectivity index (χ1) is 17.9. The molecule has 1 saturated heterocycles. The molecule has 6 heteroatoms. The van der Waals surface area contributed by atoms with E-state index in [0.717, 1.165) is 59.7 Å². The van der Waals surface area contributed by atoms with Crippen LogP contribution in [-0.2, 0) is 11.2 Å². The number of hydrogen-bond acceptors (Lipinski definition) is 4. The second-order valence-electron chi connectivity index (χ2n) is 9.73. The van der Waals surface area contributed by atoms with Gasteiger partial charge in [-0.25, -0.2) is 0 Å². The van der Waals surface area contributed by atoms with E-state index in [9.17, 15) is 4.79 Å². The maximum Gasteiger partial charge on any atom is 0.262 e. The molecule has 1 aliphatic heterocycles. The number of rotatable bonds is 9. The van der Waals surface area contributed by atoms with Crippen molar-refractivity contribution in [3.8, 4) is 11.5 Å². The van der Waals surface area contributed by atoms with Gasteiger partial charge < -0.3 is 19.7 Å². The molecule has 0 atom stereocenters. The van der Waals surface area contributed by atoms with E-state index in [-0.39, 0.29) is 12.5 Å². The minimum absolute atomic E-state index is 0.105. The molecule has 1 fully saturated rings. The Morgan fingerprint density at radius 3 is 2.32 bits per heavy atom. The summed E-state index contributed by atoms with van der Waals surface area (Å²) >= 11 is 5.86. The average Bonchev–Trinajstić information content (AvgIpc) is 2.88. The fraction of sp³-hybridized carbons (Fsp3) is 0.355. The van der Waals surface area contributed by atoms with E-state index in [0.29, 0.717) is 24.0 Å². The van der Waals surface area contributed by atoms with Gasteiger partial charge in [-0.2, -0.15) is 0 Å². The molecule has 0 spiro atoms. The number of nitrogens with zero attached hydrogens (tertiary/aromatic N) is 1. The minimum atomic E-state index is -0.217. The summed E-state index contributed by atoms with van der Waals surface area (Å²) in [5.41, 5.74) is 5.31. The topological polar surface area (TPSA) is 50.8 Å². The number of hydrogen-bond donors (Lipinski definition) is 1. The molecule has 0 aromatic heterocycles. The van der Waals surface area contributed by atoms with Crippen molar-refractivity contribution in [2.45, 2.75) is 40.0 Å². The van der Waals surface area contributed by atoms with Crippen molar-refractivity contribution in [2.75, 3.05) is 31.6 Å². The van der Waals surface area contributed by atoms with Gasteiger partial charge in [-0.1, -0.05) is 48.6 Å². The fourth-order valence-corrected chi connectivity index (χ4v) is 5.20. The number of carbonyl (C=O) groups excluding carboxylic acids is 1. The molecule has 5 nitrogen and oxygen atoms in total. The summed E-state index contributed by atoms with van der Waals surface area (Å²) in [4.78, 5) is 15.6. The van der Waals surface area contributed by atoms with E-state index in [1.807, 2.05) is 51.1 Å². The van der Waals surface area contributed by atoms with Crippen LogP contribution in [0.2, 0.25) is 0 Å². The van der Waals surface area contributed by atoms with Crippen LogP contribution in [0.15, 0.2) is 66.7 Å². The van der Waals surface area contributed by atoms with Crippen LogP contribution < -0.4 is 14.8 Å². The van der Waals surface area contributed by atoms with Crippen molar-refractivity contribution < 1.29 is 14.3 Å². The third-order valence-electron chi connectivity index (χ3n) is 6.62. The lowest BCUT2D eigenvalue weighted by atomic mass is 9.90. The Hall–Kier alpha value is -3.38. The van der Waals surface area contributed by atoms with Crippen LogP contribution in [0.5, 0.6) is 11.5 Å². The Morgan fingerprint density at radius 1 is 0.946 bits per heavy atom. The first-order valence-corrected chi connectivity index (χ1v) is 13.4. The Balaban J connectivity index is 1.34. The summed E-state index contributed by atoms with van der Waals surface area (Å²) in [6, 6.07) is 22.4. The highest BCUT2D eigenvalue weighted by atomic mass is 32.1. The summed E-state index contributed by atoms with van der Waals surface area (Å²) in [7, 11) is 0. The number of likely N-dealkylation sites (tertiary alicyclic amines) is 1. The highest BCUT2D eigenvalue weighted by Crippen LogP contribution is 2.30. The van der Waals surface area contributed by atoms with Crippen LogP contribution in [0.1, 0.15) is 42.0 Å². The van der Waals surface area contributed by atoms with Gasteiger partial charge in [-0.15, -0.1) is 0 Å². The molecule has 0 bridgehead atoms. The van der Waals surface area contributed by atoms with Crippen molar-refractivity contribution in [2.24, 2.45) is 5.92 Å². The predicted octanol–water partition coefficient (Wildman–Crippen LogP) is 6.35. The zero-order chi connectivity index (χ0) is 26.2. The minimum Gasteiger partial charge on any atom is -0.490 e. The molecule has 1 aliphatic rings. The Kier molecular flexibility index (Phi) is 9.18. The second-order valence-corrected chi connectivity index (χ2v) is 10.1. The molecular weight excluding hydrogens is 480 g/mol. The quantitative estimate of drug-likeness (QED) is 0.336. The smallest absolute Gasteiger partial charge is 0.262 e. The number of nitrogens with one attached hydrogen (secondary N) is 1. The molecule has 1 heterocycles. The van der Waals surface area contributed by atoms with E-state index < -0.39 is 0 Å². The fourth-order valence-electron chi connectivity index (χ4n) is 4.89. The van der Waals surface area contributed by atoms with E-state index in [4.69, 9.17) is 21.7 Å². The van der Waals surface area contributed by atoms with Gasteiger partial charge in [0.1, 0.15) is 4.99 Å². The Bertz CT molecular complexity index is 1200. The van der Waals surface area contributed by atoms with E-state index in [2.05, 4.69) is 46.6 Å². The number of benzene rings is 3. The zero-order valence-corrected chi connectivity index (χ0v) is 22.8. The normalized spacial score (nSPS) is 13.8. The summed E-state index contributed by atoms with van der Waals surface area (Å²) < 4.78 is 11.7. The third kappa shape index (κ3) is 7.56. The third-order valence-corrected chi connectivity index (χ3v) is 7.12. The lowest BCUT2D eigenvalue weighted by Gasteiger charge is -2.34. The number of ether oxygens (including phenoxy) is 2. The van der Waals surface area contributed by atoms with E-state index in [1.54, 1.807) is 0 Å². The lowest BCUT2D eigenvalue weighted by Crippen LogP contribution is -2.38. The van der Waals surface area contributed by atoms with Crippen molar-refractivity contribution in [3.63, 3.8) is 0 Å². The number of amides is 1. The number of aryl methyl sites for hydroxylation is 2. The molecule has 1 N–H and O–H groups in total. The van der Waals surface area contributed by atoms with Gasteiger partial charge in [0, 0.05) is 24.3 Å². The van der Waals surface area contributed by atoms with Crippen LogP contribution in [0.3, 0.4) is 0 Å². The monoisotopic (exact) mass is 516 g/mol. The first kappa shape index (κ1) is 26.7. The number of carbonyl (C=O) groups is 1. The van der Waals surface area contributed by atoms with Crippen LogP contribution >= 0.6 is 12.2 Å². The summed E-state index contributed by atoms with van der Waals surface area (Å²) in [6.45, 7) is 8.24. The summed E-state index contributed by atoms with van der Waals surface area (Å²) in [5.74, 6) is 1.60. The first-order valence-electron chi connectivity index (χ1n) is 13.0.